The zero-order valence-corrected chi connectivity index (χ0v) is 15.0. The SMILES string of the molecule is Cc1cnn(C[C@@H]2CCCN2C(=O)c2cccn2Cc2ccncc2)c1. The van der Waals surface area contributed by atoms with E-state index in [4.69, 9.17) is 0 Å². The van der Waals surface area contributed by atoms with Crippen LogP contribution in [0, 0.1) is 6.92 Å². The second-order valence-corrected chi connectivity index (χ2v) is 6.91. The molecule has 1 aliphatic rings. The Hall–Kier alpha value is -2.89. The molecule has 134 valence electrons. The van der Waals surface area contributed by atoms with E-state index < -0.39 is 0 Å². The minimum absolute atomic E-state index is 0.107. The molecule has 4 heterocycles. The molecule has 1 aliphatic heterocycles. The van der Waals surface area contributed by atoms with E-state index in [0.29, 0.717) is 6.54 Å². The number of carbonyl (C=O) groups is 1. The number of pyridine rings is 1. The third-order valence-electron chi connectivity index (χ3n) is 4.95. The predicted octanol–water partition coefficient (Wildman–Crippen LogP) is 2.74. The van der Waals surface area contributed by atoms with Gasteiger partial charge in [0.25, 0.3) is 5.91 Å². The van der Waals surface area contributed by atoms with E-state index in [2.05, 4.69) is 10.1 Å². The van der Waals surface area contributed by atoms with Crippen LogP contribution in [-0.4, -0.2) is 42.7 Å². The van der Waals surface area contributed by atoms with Gasteiger partial charge in [-0.3, -0.25) is 14.5 Å². The van der Waals surface area contributed by atoms with E-state index in [-0.39, 0.29) is 11.9 Å². The van der Waals surface area contributed by atoms with Gasteiger partial charge in [-0.05, 0) is 55.2 Å². The number of carbonyl (C=O) groups excluding carboxylic acids is 1. The first-order valence-electron chi connectivity index (χ1n) is 9.05. The maximum absolute atomic E-state index is 13.2. The number of likely N-dealkylation sites (tertiary alicyclic amines) is 1. The van der Waals surface area contributed by atoms with Gasteiger partial charge in [-0.2, -0.15) is 5.10 Å². The highest BCUT2D eigenvalue weighted by molar-refractivity contribution is 5.93. The van der Waals surface area contributed by atoms with E-state index in [1.165, 1.54) is 0 Å². The van der Waals surface area contributed by atoms with Gasteiger partial charge >= 0.3 is 0 Å². The molecule has 1 atom stereocenters. The van der Waals surface area contributed by atoms with Gasteiger partial charge in [0, 0.05) is 37.9 Å². The van der Waals surface area contributed by atoms with Gasteiger partial charge in [0.05, 0.1) is 18.8 Å². The molecule has 0 radical (unpaired) electrons. The molecule has 1 saturated heterocycles. The average molecular weight is 349 g/mol. The van der Waals surface area contributed by atoms with Crippen LogP contribution < -0.4 is 0 Å². The lowest BCUT2D eigenvalue weighted by Crippen LogP contribution is -2.39. The Morgan fingerprint density at radius 3 is 2.88 bits per heavy atom. The zero-order valence-electron chi connectivity index (χ0n) is 15.0. The Labute approximate surface area is 153 Å². The van der Waals surface area contributed by atoms with Crippen molar-refractivity contribution in [2.24, 2.45) is 0 Å². The van der Waals surface area contributed by atoms with Gasteiger partial charge < -0.3 is 9.47 Å². The molecule has 3 aromatic rings. The van der Waals surface area contributed by atoms with E-state index in [0.717, 1.165) is 42.8 Å². The molecule has 0 N–H and O–H groups in total. The minimum Gasteiger partial charge on any atom is -0.339 e. The summed E-state index contributed by atoms with van der Waals surface area (Å²) in [6.07, 6.45) is 11.5. The third kappa shape index (κ3) is 3.40. The highest BCUT2D eigenvalue weighted by atomic mass is 16.2. The number of amides is 1. The summed E-state index contributed by atoms with van der Waals surface area (Å²) in [5, 5.41) is 4.38. The monoisotopic (exact) mass is 349 g/mol. The van der Waals surface area contributed by atoms with Crippen molar-refractivity contribution in [3.05, 3.63) is 72.1 Å². The van der Waals surface area contributed by atoms with Gasteiger partial charge in [-0.1, -0.05) is 0 Å². The molecule has 0 aliphatic carbocycles. The van der Waals surface area contributed by atoms with Gasteiger partial charge in [-0.15, -0.1) is 0 Å². The lowest BCUT2D eigenvalue weighted by molar-refractivity contribution is 0.0711. The van der Waals surface area contributed by atoms with E-state index in [1.54, 1.807) is 12.4 Å². The molecular weight excluding hydrogens is 326 g/mol. The van der Waals surface area contributed by atoms with Crippen molar-refractivity contribution in [1.82, 2.24) is 24.2 Å². The molecular formula is C20H23N5O. The molecule has 26 heavy (non-hydrogen) atoms. The summed E-state index contributed by atoms with van der Waals surface area (Å²) in [6.45, 7) is 4.27. The smallest absolute Gasteiger partial charge is 0.270 e. The summed E-state index contributed by atoms with van der Waals surface area (Å²) in [6, 6.07) is 8.01. The normalized spacial score (nSPS) is 17.0. The Morgan fingerprint density at radius 2 is 2.12 bits per heavy atom. The van der Waals surface area contributed by atoms with Crippen molar-refractivity contribution in [2.45, 2.75) is 38.9 Å². The van der Waals surface area contributed by atoms with E-state index >= 15 is 0 Å². The van der Waals surface area contributed by atoms with Crippen LogP contribution in [0.4, 0.5) is 0 Å². The molecule has 0 saturated carbocycles. The highest BCUT2D eigenvalue weighted by Crippen LogP contribution is 2.22. The molecule has 0 aromatic carbocycles. The van der Waals surface area contributed by atoms with Crippen molar-refractivity contribution >= 4 is 5.91 Å². The quantitative estimate of drug-likeness (QED) is 0.712. The van der Waals surface area contributed by atoms with Crippen LogP contribution in [-0.2, 0) is 13.1 Å². The molecule has 0 unspecified atom stereocenters. The predicted molar refractivity (Wildman–Crippen MR) is 98.8 cm³/mol. The Kier molecular flexibility index (Phi) is 4.56. The van der Waals surface area contributed by atoms with Crippen LogP contribution in [0.25, 0.3) is 0 Å². The second-order valence-electron chi connectivity index (χ2n) is 6.91. The first-order chi connectivity index (χ1) is 12.7. The molecule has 6 heteroatoms. The molecule has 1 amide bonds. The van der Waals surface area contributed by atoms with Crippen LogP contribution in [0.3, 0.4) is 0 Å². The van der Waals surface area contributed by atoms with Crippen LogP contribution in [0.2, 0.25) is 0 Å². The van der Waals surface area contributed by atoms with E-state index in [1.807, 2.05) is 63.9 Å². The third-order valence-corrected chi connectivity index (χ3v) is 4.95. The number of aromatic nitrogens is 4. The summed E-state index contributed by atoms with van der Waals surface area (Å²) in [5.41, 5.74) is 3.02. The van der Waals surface area contributed by atoms with Crippen molar-refractivity contribution < 1.29 is 4.79 Å². The average Bonchev–Trinajstić information content (AvgIpc) is 3.38. The fourth-order valence-electron chi connectivity index (χ4n) is 3.65. The second kappa shape index (κ2) is 7.15. The minimum atomic E-state index is 0.107. The molecule has 4 rings (SSSR count). The van der Waals surface area contributed by atoms with E-state index in [9.17, 15) is 4.79 Å². The lowest BCUT2D eigenvalue weighted by atomic mass is 10.2. The number of aryl methyl sites for hydroxylation is 1. The lowest BCUT2D eigenvalue weighted by Gasteiger charge is -2.25. The molecule has 0 spiro atoms. The Morgan fingerprint density at radius 1 is 1.27 bits per heavy atom. The molecule has 6 nitrogen and oxygen atoms in total. The fraction of sp³-hybridized carbons (Fsp3) is 0.350. The zero-order chi connectivity index (χ0) is 17.9. The standard InChI is InChI=1S/C20H23N5O/c1-16-12-22-24(13-16)15-18-4-2-11-25(18)20(26)19-5-3-10-23(19)14-17-6-8-21-9-7-17/h3,5-10,12-13,18H,2,4,11,14-15H2,1H3/t18-/m0/s1. The number of nitrogens with zero attached hydrogens (tertiary/aromatic N) is 5. The van der Waals surface area contributed by atoms with Crippen LogP contribution in [0.1, 0.15) is 34.5 Å². The first-order valence-corrected chi connectivity index (χ1v) is 9.05. The highest BCUT2D eigenvalue weighted by Gasteiger charge is 2.31. The summed E-state index contributed by atoms with van der Waals surface area (Å²) < 4.78 is 3.97. The van der Waals surface area contributed by atoms with Crippen molar-refractivity contribution in [3.63, 3.8) is 0 Å². The summed E-state index contributed by atoms with van der Waals surface area (Å²) >= 11 is 0. The Balaban J connectivity index is 1.51. The van der Waals surface area contributed by atoms with Gasteiger partial charge in [0.1, 0.15) is 5.69 Å². The molecule has 0 bridgehead atoms. The summed E-state index contributed by atoms with van der Waals surface area (Å²) in [7, 11) is 0. The van der Waals surface area contributed by atoms with Crippen molar-refractivity contribution in [2.75, 3.05) is 6.54 Å². The van der Waals surface area contributed by atoms with Crippen molar-refractivity contribution in [1.29, 1.82) is 0 Å². The van der Waals surface area contributed by atoms with Gasteiger partial charge in [-0.25, -0.2) is 0 Å². The maximum Gasteiger partial charge on any atom is 0.270 e. The summed E-state index contributed by atoms with van der Waals surface area (Å²) in [4.78, 5) is 19.3. The van der Waals surface area contributed by atoms with Gasteiger partial charge in [0.2, 0.25) is 0 Å². The molecule has 1 fully saturated rings. The number of rotatable bonds is 5. The van der Waals surface area contributed by atoms with Crippen molar-refractivity contribution in [3.8, 4) is 0 Å². The largest absolute Gasteiger partial charge is 0.339 e. The van der Waals surface area contributed by atoms with Crippen LogP contribution in [0.15, 0.2) is 55.2 Å². The fourth-order valence-corrected chi connectivity index (χ4v) is 3.65. The van der Waals surface area contributed by atoms with Gasteiger partial charge in [0.15, 0.2) is 0 Å². The van der Waals surface area contributed by atoms with Crippen LogP contribution in [0.5, 0.6) is 0 Å². The summed E-state index contributed by atoms with van der Waals surface area (Å²) in [5.74, 6) is 0.107. The number of hydrogen-bond acceptors (Lipinski definition) is 3. The number of hydrogen-bond donors (Lipinski definition) is 0. The topological polar surface area (TPSA) is 56.0 Å². The van der Waals surface area contributed by atoms with Crippen LogP contribution >= 0.6 is 0 Å². The first kappa shape index (κ1) is 16.6. The Bertz CT molecular complexity index is 883. The maximum atomic E-state index is 13.2. The molecule has 3 aromatic heterocycles.